The molecule has 0 fully saturated rings. The zero-order valence-corrected chi connectivity index (χ0v) is 15.1. The van der Waals surface area contributed by atoms with E-state index in [0.29, 0.717) is 9.73 Å². The zero-order valence-electron chi connectivity index (χ0n) is 13.4. The van der Waals surface area contributed by atoms with Gasteiger partial charge in [-0.15, -0.1) is 0 Å². The molecule has 4 heteroatoms. The van der Waals surface area contributed by atoms with Gasteiger partial charge in [-0.25, -0.2) is 0 Å². The van der Waals surface area contributed by atoms with Gasteiger partial charge in [-0.3, -0.25) is 4.79 Å². The number of hydrogen-bond donors (Lipinski definition) is 0. The quantitative estimate of drug-likeness (QED) is 0.607. The Balaban J connectivity index is 2.55. The van der Waals surface area contributed by atoms with Crippen LogP contribution in [0.2, 0.25) is 0 Å². The highest BCUT2D eigenvalue weighted by Crippen LogP contribution is 2.31. The molecule has 0 saturated heterocycles. The monoisotopic (exact) mass is 341 g/mol. The highest BCUT2D eigenvalue weighted by atomic mass is 32.1. The summed E-state index contributed by atoms with van der Waals surface area (Å²) >= 11 is 11.4. The minimum atomic E-state index is -1.04. The van der Waals surface area contributed by atoms with Crippen molar-refractivity contribution in [3.8, 4) is 0 Å². The van der Waals surface area contributed by atoms with Crippen LogP contribution >= 0.6 is 24.4 Å². The highest BCUT2D eigenvalue weighted by Gasteiger charge is 2.43. The molecule has 1 amide bonds. The molecular formula is C19H19NOS2. The summed E-state index contributed by atoms with van der Waals surface area (Å²) in [4.78, 5) is 15.6. The van der Waals surface area contributed by atoms with Crippen molar-refractivity contribution >= 4 is 40.1 Å². The van der Waals surface area contributed by atoms with Crippen LogP contribution < -0.4 is 0 Å². The predicted molar refractivity (Wildman–Crippen MR) is 103 cm³/mol. The van der Waals surface area contributed by atoms with Gasteiger partial charge in [0.25, 0.3) is 0 Å². The zero-order chi connectivity index (χ0) is 17.0. The van der Waals surface area contributed by atoms with Crippen molar-refractivity contribution in [2.45, 2.75) is 6.92 Å². The molecule has 0 saturated carbocycles. The molecule has 0 bridgehead atoms. The average Bonchev–Trinajstić information content (AvgIpc) is 2.60. The molecule has 0 aliphatic carbocycles. The van der Waals surface area contributed by atoms with Crippen molar-refractivity contribution in [1.29, 1.82) is 0 Å². The highest BCUT2D eigenvalue weighted by molar-refractivity contribution is 7.83. The van der Waals surface area contributed by atoms with E-state index in [1.165, 1.54) is 0 Å². The summed E-state index contributed by atoms with van der Waals surface area (Å²) in [5.41, 5.74) is 0.647. The lowest BCUT2D eigenvalue weighted by Crippen LogP contribution is -2.48. The third-order valence-electron chi connectivity index (χ3n) is 3.81. The fourth-order valence-corrected chi connectivity index (χ4v) is 3.22. The van der Waals surface area contributed by atoms with Crippen LogP contribution in [0.5, 0.6) is 0 Å². The molecule has 2 aromatic rings. The summed E-state index contributed by atoms with van der Waals surface area (Å²) in [6, 6.07) is 19.1. The van der Waals surface area contributed by atoms with Crippen molar-refractivity contribution in [3.63, 3.8) is 0 Å². The molecule has 0 spiro atoms. The van der Waals surface area contributed by atoms with E-state index in [1.54, 1.807) is 19.0 Å². The Hall–Kier alpha value is -1.91. The minimum absolute atomic E-state index is 0.111. The lowest BCUT2D eigenvalue weighted by molar-refractivity contribution is -0.132. The van der Waals surface area contributed by atoms with E-state index >= 15 is 0 Å². The van der Waals surface area contributed by atoms with Crippen molar-refractivity contribution < 1.29 is 4.79 Å². The third-order valence-corrected chi connectivity index (χ3v) is 5.10. The van der Waals surface area contributed by atoms with Crippen LogP contribution in [0.4, 0.5) is 0 Å². The maximum absolute atomic E-state index is 12.9. The Morgan fingerprint density at radius 2 is 1.17 bits per heavy atom. The number of amides is 1. The van der Waals surface area contributed by atoms with Crippen LogP contribution in [-0.4, -0.2) is 34.6 Å². The summed E-state index contributed by atoms with van der Waals surface area (Å²) in [5, 5.41) is 0. The number of nitrogens with zero attached hydrogens (tertiary/aromatic N) is 1. The van der Waals surface area contributed by atoms with Gasteiger partial charge in [-0.05, 0) is 18.1 Å². The first-order valence-electron chi connectivity index (χ1n) is 7.30. The topological polar surface area (TPSA) is 20.3 Å². The SMILES string of the molecule is CN(C)C(=O)C(C)(C(=S)c1ccccc1)C(=S)c1ccccc1. The maximum Gasteiger partial charge on any atom is 0.238 e. The first kappa shape index (κ1) is 17.4. The molecule has 23 heavy (non-hydrogen) atoms. The standard InChI is InChI=1S/C19H19NOS2/c1-19(18(21)20(2)3,16(22)14-10-6-4-7-11-14)17(23)15-12-8-5-9-13-15/h4-13H,1-3H3. The summed E-state index contributed by atoms with van der Waals surface area (Å²) in [6.07, 6.45) is 0. The predicted octanol–water partition coefficient (Wildman–Crippen LogP) is 3.92. The fourth-order valence-electron chi connectivity index (χ4n) is 2.50. The molecule has 2 rings (SSSR count). The number of hydrogen-bond acceptors (Lipinski definition) is 3. The molecule has 0 aliphatic rings. The van der Waals surface area contributed by atoms with Crippen LogP contribution in [0.1, 0.15) is 18.1 Å². The second-order valence-electron chi connectivity index (χ2n) is 5.71. The number of carbonyl (C=O) groups is 1. The van der Waals surface area contributed by atoms with E-state index in [2.05, 4.69) is 0 Å². The molecule has 2 aromatic carbocycles. The van der Waals surface area contributed by atoms with Crippen LogP contribution in [0, 0.1) is 5.41 Å². The van der Waals surface area contributed by atoms with Gasteiger partial charge in [0, 0.05) is 23.8 Å². The van der Waals surface area contributed by atoms with Crippen LogP contribution in [0.25, 0.3) is 0 Å². The maximum atomic E-state index is 12.9. The van der Waals surface area contributed by atoms with Crippen molar-refractivity contribution in [2.75, 3.05) is 14.1 Å². The Labute approximate surface area is 148 Å². The fraction of sp³-hybridized carbons (Fsp3) is 0.211. The molecule has 0 N–H and O–H groups in total. The number of benzene rings is 2. The molecule has 0 heterocycles. The van der Waals surface area contributed by atoms with Crippen LogP contribution in [0.15, 0.2) is 60.7 Å². The molecule has 2 nitrogen and oxygen atoms in total. The number of thiocarbonyl (C=S) groups is 2. The minimum Gasteiger partial charge on any atom is -0.348 e. The molecule has 0 radical (unpaired) electrons. The van der Waals surface area contributed by atoms with Gasteiger partial charge in [-0.1, -0.05) is 85.1 Å². The molecule has 0 aliphatic heterocycles. The summed E-state index contributed by atoms with van der Waals surface area (Å²) in [5.74, 6) is -0.111. The van der Waals surface area contributed by atoms with Gasteiger partial charge in [0.05, 0.1) is 0 Å². The number of carbonyl (C=O) groups excluding carboxylic acids is 1. The van der Waals surface area contributed by atoms with Crippen LogP contribution in [-0.2, 0) is 4.79 Å². The second-order valence-corrected chi connectivity index (χ2v) is 6.53. The Morgan fingerprint density at radius 3 is 1.48 bits per heavy atom. The van der Waals surface area contributed by atoms with E-state index in [0.717, 1.165) is 11.1 Å². The van der Waals surface area contributed by atoms with Crippen molar-refractivity contribution in [3.05, 3.63) is 71.8 Å². The Bertz CT molecular complexity index is 672. The summed E-state index contributed by atoms with van der Waals surface area (Å²) < 4.78 is 0. The van der Waals surface area contributed by atoms with Gasteiger partial charge >= 0.3 is 0 Å². The molecule has 0 atom stereocenters. The normalized spacial score (nSPS) is 10.9. The summed E-state index contributed by atoms with van der Waals surface area (Å²) in [7, 11) is 3.45. The molecule has 118 valence electrons. The van der Waals surface area contributed by atoms with E-state index < -0.39 is 5.41 Å². The van der Waals surface area contributed by atoms with Gasteiger partial charge in [-0.2, -0.15) is 0 Å². The lowest BCUT2D eigenvalue weighted by atomic mass is 9.76. The molecule has 0 aromatic heterocycles. The second kappa shape index (κ2) is 7.11. The van der Waals surface area contributed by atoms with E-state index in [1.807, 2.05) is 67.6 Å². The largest absolute Gasteiger partial charge is 0.348 e. The first-order chi connectivity index (χ1) is 10.9. The van der Waals surface area contributed by atoms with Crippen LogP contribution in [0.3, 0.4) is 0 Å². The molecular weight excluding hydrogens is 322 g/mol. The van der Waals surface area contributed by atoms with Crippen molar-refractivity contribution in [1.82, 2.24) is 4.90 Å². The van der Waals surface area contributed by atoms with Gasteiger partial charge < -0.3 is 4.90 Å². The van der Waals surface area contributed by atoms with Gasteiger partial charge in [0.1, 0.15) is 5.41 Å². The van der Waals surface area contributed by atoms with Crippen molar-refractivity contribution in [2.24, 2.45) is 5.41 Å². The van der Waals surface area contributed by atoms with E-state index in [9.17, 15) is 4.79 Å². The lowest BCUT2D eigenvalue weighted by Gasteiger charge is -2.33. The van der Waals surface area contributed by atoms with Gasteiger partial charge in [0.2, 0.25) is 5.91 Å². The Kier molecular flexibility index (Phi) is 5.39. The first-order valence-corrected chi connectivity index (χ1v) is 8.12. The van der Waals surface area contributed by atoms with E-state index in [-0.39, 0.29) is 5.91 Å². The average molecular weight is 342 g/mol. The molecule has 0 unspecified atom stereocenters. The number of rotatable bonds is 5. The summed E-state index contributed by atoms with van der Waals surface area (Å²) in [6.45, 7) is 1.82. The van der Waals surface area contributed by atoms with Gasteiger partial charge in [0.15, 0.2) is 0 Å². The third kappa shape index (κ3) is 3.38. The van der Waals surface area contributed by atoms with E-state index in [4.69, 9.17) is 24.4 Å². The smallest absolute Gasteiger partial charge is 0.238 e. The Morgan fingerprint density at radius 1 is 0.826 bits per heavy atom.